The van der Waals surface area contributed by atoms with E-state index in [2.05, 4.69) is 5.32 Å². The Kier molecular flexibility index (Phi) is 8.46. The summed E-state index contributed by atoms with van der Waals surface area (Å²) in [7, 11) is 0. The molecule has 8 nitrogen and oxygen atoms in total. The van der Waals surface area contributed by atoms with Gasteiger partial charge < -0.3 is 19.9 Å². The molecule has 0 aliphatic carbocycles. The van der Waals surface area contributed by atoms with Crippen LogP contribution in [-0.4, -0.2) is 41.1 Å². The minimum Gasteiger partial charge on any atom is -0.478 e. The van der Waals surface area contributed by atoms with Gasteiger partial charge in [-0.05, 0) is 42.8 Å². The highest BCUT2D eigenvalue weighted by Crippen LogP contribution is 2.22. The number of carboxylic acids is 1. The van der Waals surface area contributed by atoms with Crippen LogP contribution in [0.3, 0.4) is 0 Å². The van der Waals surface area contributed by atoms with Gasteiger partial charge in [-0.25, -0.2) is 14.4 Å². The summed E-state index contributed by atoms with van der Waals surface area (Å²) < 4.78 is 10.4. The monoisotopic (exact) mass is 515 g/mol. The molecule has 10 heteroatoms. The molecule has 0 fully saturated rings. The van der Waals surface area contributed by atoms with Crippen molar-refractivity contribution in [3.8, 4) is 0 Å². The van der Waals surface area contributed by atoms with E-state index in [1.165, 1.54) is 36.4 Å². The molecular weight excluding hydrogens is 497 g/mol. The largest absolute Gasteiger partial charge is 0.478 e. The predicted molar refractivity (Wildman–Crippen MR) is 129 cm³/mol. The summed E-state index contributed by atoms with van der Waals surface area (Å²) >= 11 is 12.0. The van der Waals surface area contributed by atoms with Gasteiger partial charge in [0.2, 0.25) is 12.2 Å². The zero-order chi connectivity index (χ0) is 25.5. The van der Waals surface area contributed by atoms with Crippen LogP contribution in [0, 0.1) is 6.92 Å². The van der Waals surface area contributed by atoms with E-state index >= 15 is 0 Å². The number of aliphatic carboxylic acids is 1. The topological polar surface area (TPSA) is 119 Å². The van der Waals surface area contributed by atoms with Crippen LogP contribution in [0.4, 0.5) is 5.69 Å². The van der Waals surface area contributed by atoms with Crippen LogP contribution in [0.5, 0.6) is 0 Å². The molecule has 0 heterocycles. The van der Waals surface area contributed by atoms with Crippen molar-refractivity contribution in [2.24, 2.45) is 0 Å². The van der Waals surface area contributed by atoms with Gasteiger partial charge in [-0.1, -0.05) is 65.7 Å². The molecule has 0 aliphatic heterocycles. The smallest absolute Gasteiger partial charge is 0.349 e. The van der Waals surface area contributed by atoms with E-state index < -0.39 is 36.0 Å². The Labute approximate surface area is 210 Å². The first-order chi connectivity index (χ1) is 16.7. The normalized spacial score (nSPS) is 12.2. The summed E-state index contributed by atoms with van der Waals surface area (Å²) in [6, 6.07) is 18.3. The third-order valence-electron chi connectivity index (χ3n) is 4.84. The Balaban J connectivity index is 1.95. The molecule has 0 spiro atoms. The molecular formula is C25H19Cl2NO7. The highest BCUT2D eigenvalue weighted by atomic mass is 35.5. The molecule has 1 amide bonds. The van der Waals surface area contributed by atoms with Crippen LogP contribution in [0.1, 0.15) is 26.3 Å². The molecule has 2 atom stereocenters. The van der Waals surface area contributed by atoms with E-state index in [-0.39, 0.29) is 21.2 Å². The lowest BCUT2D eigenvalue weighted by atomic mass is 10.1. The summed E-state index contributed by atoms with van der Waals surface area (Å²) in [5.74, 6) is -4.95. The van der Waals surface area contributed by atoms with Crippen LogP contribution in [0.2, 0.25) is 10.0 Å². The van der Waals surface area contributed by atoms with Crippen molar-refractivity contribution in [2.45, 2.75) is 19.1 Å². The molecule has 0 aliphatic rings. The summed E-state index contributed by atoms with van der Waals surface area (Å²) in [4.78, 5) is 50.7. The van der Waals surface area contributed by atoms with Gasteiger partial charge in [0.25, 0.3) is 5.91 Å². The third kappa shape index (κ3) is 6.38. The Bertz CT molecular complexity index is 1280. The average Bonchev–Trinajstić information content (AvgIpc) is 2.82. The molecule has 3 rings (SSSR count). The highest BCUT2D eigenvalue weighted by Gasteiger charge is 2.41. The molecule has 180 valence electrons. The van der Waals surface area contributed by atoms with Crippen LogP contribution in [0.15, 0.2) is 72.8 Å². The molecule has 3 aromatic rings. The van der Waals surface area contributed by atoms with Crippen molar-refractivity contribution in [2.75, 3.05) is 5.32 Å². The number of rotatable bonds is 8. The lowest BCUT2D eigenvalue weighted by molar-refractivity contribution is -0.157. The Morgan fingerprint density at radius 1 is 0.743 bits per heavy atom. The number of hydrogen-bond acceptors (Lipinski definition) is 6. The fourth-order valence-corrected chi connectivity index (χ4v) is 3.45. The fraction of sp³-hybridized carbons (Fsp3) is 0.120. The number of ether oxygens (including phenoxy) is 2. The number of para-hydroxylation sites is 1. The van der Waals surface area contributed by atoms with Crippen molar-refractivity contribution < 1.29 is 33.8 Å². The first-order valence-corrected chi connectivity index (χ1v) is 10.9. The first kappa shape index (κ1) is 25.7. The maximum Gasteiger partial charge on any atom is 0.349 e. The highest BCUT2D eigenvalue weighted by molar-refractivity contribution is 6.34. The SMILES string of the molecule is Cc1ccccc1NC(=O)[C@@H](OC(=O)c1ccccc1Cl)[C@H](OC(=O)c1ccccc1Cl)C(=O)O. The van der Waals surface area contributed by atoms with Crippen molar-refractivity contribution >= 4 is 52.7 Å². The van der Waals surface area contributed by atoms with E-state index in [9.17, 15) is 24.3 Å². The van der Waals surface area contributed by atoms with Gasteiger partial charge in [0.15, 0.2) is 0 Å². The molecule has 35 heavy (non-hydrogen) atoms. The molecule has 0 aromatic heterocycles. The second-order valence-corrected chi connectivity index (χ2v) is 8.07. The standard InChI is InChI=1S/C25H19Cl2NO7/c1-14-8-2-7-13-19(14)28-22(29)20(34-24(32)15-9-3-5-11-17(15)26)21(23(30)31)35-25(33)16-10-4-6-12-18(16)27/h2-13,20-21H,1H3,(H,28,29)(H,30,31)/t20-,21-/m0/s1. The van der Waals surface area contributed by atoms with Gasteiger partial charge in [-0.15, -0.1) is 0 Å². The zero-order valence-electron chi connectivity index (χ0n) is 18.2. The summed E-state index contributed by atoms with van der Waals surface area (Å²) in [5, 5.41) is 12.4. The minimum atomic E-state index is -2.20. The third-order valence-corrected chi connectivity index (χ3v) is 5.49. The van der Waals surface area contributed by atoms with Crippen molar-refractivity contribution in [1.82, 2.24) is 0 Å². The number of amides is 1. The predicted octanol–water partition coefficient (Wildman–Crippen LogP) is 4.78. The van der Waals surface area contributed by atoms with Crippen LogP contribution >= 0.6 is 23.2 Å². The Hall–Kier alpha value is -3.88. The van der Waals surface area contributed by atoms with E-state index in [0.717, 1.165) is 0 Å². The second kappa shape index (κ2) is 11.5. The number of benzene rings is 3. The Morgan fingerprint density at radius 3 is 1.69 bits per heavy atom. The number of anilines is 1. The maximum absolute atomic E-state index is 13.1. The first-order valence-electron chi connectivity index (χ1n) is 10.2. The van der Waals surface area contributed by atoms with Crippen molar-refractivity contribution in [3.05, 3.63) is 99.5 Å². The molecule has 0 bridgehead atoms. The quantitative estimate of drug-likeness (QED) is 0.414. The zero-order valence-corrected chi connectivity index (χ0v) is 19.7. The van der Waals surface area contributed by atoms with Crippen molar-refractivity contribution in [3.63, 3.8) is 0 Å². The number of halogens is 2. The molecule has 0 saturated heterocycles. The van der Waals surface area contributed by atoms with Gasteiger partial charge in [-0.3, -0.25) is 4.79 Å². The summed E-state index contributed by atoms with van der Waals surface area (Å²) in [6.07, 6.45) is -4.27. The van der Waals surface area contributed by atoms with E-state index in [4.69, 9.17) is 32.7 Å². The number of hydrogen-bond donors (Lipinski definition) is 2. The fourth-order valence-electron chi connectivity index (χ4n) is 3.02. The number of carboxylic acid groups (broad SMARTS) is 1. The lowest BCUT2D eigenvalue weighted by Gasteiger charge is -2.24. The van der Waals surface area contributed by atoms with E-state index in [1.54, 1.807) is 43.3 Å². The van der Waals surface area contributed by atoms with Gasteiger partial charge in [0, 0.05) is 5.69 Å². The summed E-state index contributed by atoms with van der Waals surface area (Å²) in [5.41, 5.74) is 0.773. The van der Waals surface area contributed by atoms with Gasteiger partial charge in [0.05, 0.1) is 21.2 Å². The van der Waals surface area contributed by atoms with E-state index in [1.807, 2.05) is 0 Å². The maximum atomic E-state index is 13.1. The van der Waals surface area contributed by atoms with Crippen LogP contribution in [-0.2, 0) is 19.1 Å². The van der Waals surface area contributed by atoms with Gasteiger partial charge >= 0.3 is 17.9 Å². The van der Waals surface area contributed by atoms with Gasteiger partial charge in [0.1, 0.15) is 0 Å². The molecule has 0 saturated carbocycles. The number of aryl methyl sites for hydroxylation is 1. The molecule has 0 unspecified atom stereocenters. The van der Waals surface area contributed by atoms with Crippen LogP contribution < -0.4 is 5.32 Å². The van der Waals surface area contributed by atoms with Gasteiger partial charge in [-0.2, -0.15) is 0 Å². The van der Waals surface area contributed by atoms with E-state index in [0.29, 0.717) is 11.3 Å². The second-order valence-electron chi connectivity index (χ2n) is 7.25. The number of esters is 2. The minimum absolute atomic E-state index is 0.00983. The number of nitrogens with one attached hydrogen (secondary N) is 1. The number of carbonyl (C=O) groups excluding carboxylic acids is 3. The number of carbonyl (C=O) groups is 4. The average molecular weight is 516 g/mol. The lowest BCUT2D eigenvalue weighted by Crippen LogP contribution is -2.48. The Morgan fingerprint density at radius 2 is 1.20 bits per heavy atom. The summed E-state index contributed by atoms with van der Waals surface area (Å²) in [6.45, 7) is 1.71. The van der Waals surface area contributed by atoms with Crippen molar-refractivity contribution in [1.29, 1.82) is 0 Å². The molecule has 2 N–H and O–H groups in total. The molecule has 3 aromatic carbocycles. The molecule has 0 radical (unpaired) electrons. The van der Waals surface area contributed by atoms with Crippen LogP contribution in [0.25, 0.3) is 0 Å².